The fraction of sp³-hybridized carbons (Fsp3) is 0.381. The second-order valence-corrected chi connectivity index (χ2v) is 8.86. The Kier molecular flexibility index (Phi) is 4.29. The third-order valence-corrected chi connectivity index (χ3v) is 7.04. The summed E-state index contributed by atoms with van der Waals surface area (Å²) in [7, 11) is 1.93. The summed E-state index contributed by atoms with van der Waals surface area (Å²) >= 11 is 1.55. The Bertz CT molecular complexity index is 1210. The summed E-state index contributed by atoms with van der Waals surface area (Å²) in [5.74, 6) is -1.90. The summed E-state index contributed by atoms with van der Waals surface area (Å²) < 4.78 is 16.8. The molecule has 0 amide bonds. The number of carbonyl (C=O) groups is 1. The van der Waals surface area contributed by atoms with Gasteiger partial charge >= 0.3 is 5.97 Å². The molecule has 3 aromatic heterocycles. The zero-order valence-electron chi connectivity index (χ0n) is 15.9. The molecular weight excluding hydrogens is 393 g/mol. The zero-order valence-corrected chi connectivity index (χ0v) is 16.7. The van der Waals surface area contributed by atoms with E-state index in [-0.39, 0.29) is 28.7 Å². The molecule has 0 spiro atoms. The van der Waals surface area contributed by atoms with Crippen molar-refractivity contribution in [1.82, 2.24) is 14.9 Å². The molecule has 1 atom stereocenters. The van der Waals surface area contributed by atoms with Crippen LogP contribution in [0, 0.1) is 5.82 Å². The van der Waals surface area contributed by atoms with Gasteiger partial charge in [0.25, 0.3) is 0 Å². The molecule has 0 aliphatic heterocycles. The monoisotopic (exact) mass is 413 g/mol. The van der Waals surface area contributed by atoms with Gasteiger partial charge in [-0.2, -0.15) is 0 Å². The summed E-state index contributed by atoms with van der Waals surface area (Å²) in [6.07, 6.45) is 6.25. The van der Waals surface area contributed by atoms with Gasteiger partial charge in [0.2, 0.25) is 5.43 Å². The second-order valence-electron chi connectivity index (χ2n) is 7.73. The smallest absolute Gasteiger partial charge is 0.341 e. The Labute approximate surface area is 170 Å². The first-order valence-corrected chi connectivity index (χ1v) is 10.6. The van der Waals surface area contributed by atoms with Gasteiger partial charge in [0, 0.05) is 23.2 Å². The van der Waals surface area contributed by atoms with Crippen LogP contribution in [-0.2, 0) is 6.42 Å². The summed E-state index contributed by atoms with van der Waals surface area (Å²) in [6, 6.07) is 3.52. The molecule has 0 aromatic carbocycles. The van der Waals surface area contributed by atoms with Gasteiger partial charge in [0.1, 0.15) is 16.9 Å². The van der Waals surface area contributed by atoms with Crippen molar-refractivity contribution in [3.05, 3.63) is 50.4 Å². The average Bonchev–Trinajstić information content (AvgIpc) is 3.45. The molecule has 5 rings (SSSR count). The van der Waals surface area contributed by atoms with Crippen molar-refractivity contribution in [3.63, 3.8) is 0 Å². The van der Waals surface area contributed by atoms with E-state index in [0.29, 0.717) is 5.65 Å². The number of hydrogen-bond donors (Lipinski definition) is 2. The Morgan fingerprint density at radius 1 is 1.34 bits per heavy atom. The van der Waals surface area contributed by atoms with Crippen LogP contribution in [0.2, 0.25) is 0 Å². The van der Waals surface area contributed by atoms with Crippen LogP contribution < -0.4 is 10.7 Å². The number of rotatable bonds is 4. The predicted octanol–water partition coefficient (Wildman–Crippen LogP) is 3.89. The summed E-state index contributed by atoms with van der Waals surface area (Å²) in [6.45, 7) is 0. The van der Waals surface area contributed by atoms with Crippen LogP contribution in [0.5, 0.6) is 0 Å². The summed E-state index contributed by atoms with van der Waals surface area (Å²) in [4.78, 5) is 30.6. The third kappa shape index (κ3) is 2.98. The highest BCUT2D eigenvalue weighted by Gasteiger charge is 2.29. The van der Waals surface area contributed by atoms with Crippen molar-refractivity contribution in [1.29, 1.82) is 0 Å². The number of carboxylic acids is 1. The predicted molar refractivity (Wildman–Crippen MR) is 109 cm³/mol. The maximum atomic E-state index is 15.0. The van der Waals surface area contributed by atoms with Gasteiger partial charge in [-0.3, -0.25) is 4.79 Å². The molecule has 1 fully saturated rings. The minimum absolute atomic E-state index is 0.0208. The first kappa shape index (κ1) is 18.4. The van der Waals surface area contributed by atoms with E-state index in [4.69, 9.17) is 0 Å². The van der Waals surface area contributed by atoms with Gasteiger partial charge in [0.15, 0.2) is 5.82 Å². The molecule has 150 valence electrons. The van der Waals surface area contributed by atoms with Gasteiger partial charge < -0.3 is 15.0 Å². The van der Waals surface area contributed by atoms with E-state index in [1.54, 1.807) is 15.9 Å². The van der Waals surface area contributed by atoms with Gasteiger partial charge in [-0.15, -0.1) is 11.3 Å². The van der Waals surface area contributed by atoms with E-state index in [1.165, 1.54) is 16.6 Å². The molecule has 2 aliphatic carbocycles. The summed E-state index contributed by atoms with van der Waals surface area (Å²) in [5, 5.41) is 12.7. The highest BCUT2D eigenvalue weighted by Crippen LogP contribution is 2.41. The highest BCUT2D eigenvalue weighted by atomic mass is 32.1. The number of nitrogens with one attached hydrogen (secondary N) is 1. The van der Waals surface area contributed by atoms with E-state index in [9.17, 15) is 14.7 Å². The van der Waals surface area contributed by atoms with Crippen molar-refractivity contribution in [2.45, 2.75) is 44.2 Å². The number of hydrogen-bond acceptors (Lipinski definition) is 5. The van der Waals surface area contributed by atoms with Crippen molar-refractivity contribution < 1.29 is 14.3 Å². The van der Waals surface area contributed by atoms with E-state index >= 15 is 4.39 Å². The van der Waals surface area contributed by atoms with Crippen LogP contribution in [0.25, 0.3) is 21.6 Å². The van der Waals surface area contributed by atoms with E-state index in [1.807, 2.05) is 13.1 Å². The van der Waals surface area contributed by atoms with Gasteiger partial charge in [-0.05, 0) is 56.8 Å². The number of thiophene rings is 1. The molecule has 1 unspecified atom stereocenters. The lowest BCUT2D eigenvalue weighted by molar-refractivity contribution is 0.0695. The average molecular weight is 413 g/mol. The molecule has 8 heteroatoms. The van der Waals surface area contributed by atoms with E-state index in [0.717, 1.165) is 43.0 Å². The lowest BCUT2D eigenvalue weighted by atomic mass is 9.94. The number of pyridine rings is 2. The van der Waals surface area contributed by atoms with Gasteiger partial charge in [-0.25, -0.2) is 14.2 Å². The molecule has 6 nitrogen and oxygen atoms in total. The number of halogens is 1. The number of nitrogens with zero attached hydrogens (tertiary/aromatic N) is 2. The quantitative estimate of drug-likeness (QED) is 0.678. The molecule has 3 aromatic rings. The van der Waals surface area contributed by atoms with Gasteiger partial charge in [-0.1, -0.05) is 0 Å². The molecule has 1 saturated carbocycles. The lowest BCUT2D eigenvalue weighted by Crippen LogP contribution is -2.20. The topological polar surface area (TPSA) is 84.2 Å². The van der Waals surface area contributed by atoms with Crippen LogP contribution in [0.1, 0.15) is 58.6 Å². The highest BCUT2D eigenvalue weighted by molar-refractivity contribution is 7.15. The van der Waals surface area contributed by atoms with Crippen molar-refractivity contribution in [2.75, 3.05) is 7.05 Å². The Morgan fingerprint density at radius 3 is 2.83 bits per heavy atom. The van der Waals surface area contributed by atoms with Gasteiger partial charge in [0.05, 0.1) is 10.3 Å². The molecule has 2 N–H and O–H groups in total. The van der Waals surface area contributed by atoms with Crippen molar-refractivity contribution in [3.8, 4) is 10.6 Å². The van der Waals surface area contributed by atoms with Crippen LogP contribution in [0.3, 0.4) is 0 Å². The fourth-order valence-corrected chi connectivity index (χ4v) is 5.43. The Hall–Kier alpha value is -2.58. The molecule has 0 saturated heterocycles. The van der Waals surface area contributed by atoms with Crippen molar-refractivity contribution in [2.24, 2.45) is 0 Å². The number of aryl methyl sites for hydroxylation is 1. The summed E-state index contributed by atoms with van der Waals surface area (Å²) in [5.41, 5.74) is 0.741. The Morgan fingerprint density at radius 2 is 2.14 bits per heavy atom. The molecule has 2 aliphatic rings. The first-order valence-electron chi connectivity index (χ1n) is 9.77. The third-order valence-electron chi connectivity index (χ3n) is 5.82. The Balaban J connectivity index is 1.72. The fourth-order valence-electron chi connectivity index (χ4n) is 4.18. The van der Waals surface area contributed by atoms with Crippen LogP contribution >= 0.6 is 11.3 Å². The number of aromatic carboxylic acids is 1. The minimum Gasteiger partial charge on any atom is -0.477 e. The molecule has 0 bridgehead atoms. The normalized spacial score (nSPS) is 18.8. The van der Waals surface area contributed by atoms with Crippen LogP contribution in [0.15, 0.2) is 23.1 Å². The zero-order chi connectivity index (χ0) is 20.3. The molecule has 3 heterocycles. The maximum Gasteiger partial charge on any atom is 0.341 e. The number of aromatic nitrogens is 2. The molecular formula is C21H20FN3O3S. The lowest BCUT2D eigenvalue weighted by Gasteiger charge is -2.21. The molecule has 29 heavy (non-hydrogen) atoms. The number of carboxylic acid groups (broad SMARTS) is 1. The largest absolute Gasteiger partial charge is 0.477 e. The first-order chi connectivity index (χ1) is 14.0. The van der Waals surface area contributed by atoms with E-state index < -0.39 is 17.2 Å². The van der Waals surface area contributed by atoms with Crippen molar-refractivity contribution >= 4 is 28.3 Å². The maximum absolute atomic E-state index is 15.0. The van der Waals surface area contributed by atoms with Crippen LogP contribution in [0.4, 0.5) is 4.39 Å². The van der Waals surface area contributed by atoms with Crippen LogP contribution in [-0.4, -0.2) is 27.7 Å². The molecule has 0 radical (unpaired) electrons. The standard InChI is InChI=1S/C21H20FN3O3S/c1-23-15-3-2-4-16-11(15)8-17(29-16)18-14(22)7-12-19(26)13(21(27)28)9-25(10-5-6-10)20(12)24-18/h7-10,15,23H,2-6H2,1H3,(H,27,28). The SMILES string of the molecule is CNC1CCCc2sc(-c3nc4c(cc3F)c(=O)c(C(=O)O)cn4C3CC3)cc21. The minimum atomic E-state index is -1.31. The second kappa shape index (κ2) is 6.74. The number of fused-ring (bicyclic) bond motifs is 2. The van der Waals surface area contributed by atoms with E-state index in [2.05, 4.69) is 10.3 Å².